The second kappa shape index (κ2) is 8.13. The summed E-state index contributed by atoms with van der Waals surface area (Å²) in [6, 6.07) is 13.9. The maximum Gasteiger partial charge on any atom is 0.119 e. The lowest BCUT2D eigenvalue weighted by Crippen LogP contribution is -2.41. The Morgan fingerprint density at radius 3 is 2.58 bits per heavy atom. The van der Waals surface area contributed by atoms with E-state index in [-0.39, 0.29) is 0 Å². The first kappa shape index (κ1) is 18.8. The van der Waals surface area contributed by atoms with Crippen molar-refractivity contribution in [2.45, 2.75) is 40.0 Å². The van der Waals surface area contributed by atoms with Crippen LogP contribution in [0.5, 0.6) is 11.5 Å². The Morgan fingerprint density at radius 2 is 1.88 bits per heavy atom. The van der Waals surface area contributed by atoms with Crippen LogP contribution in [0.25, 0.3) is 0 Å². The van der Waals surface area contributed by atoms with Gasteiger partial charge >= 0.3 is 0 Å². The molecule has 0 bridgehead atoms. The van der Waals surface area contributed by atoms with E-state index in [1.165, 1.54) is 37.1 Å². The molecule has 3 nitrogen and oxygen atoms in total. The van der Waals surface area contributed by atoms with Gasteiger partial charge in [0.2, 0.25) is 0 Å². The van der Waals surface area contributed by atoms with Crippen LogP contribution in [0.15, 0.2) is 42.5 Å². The molecule has 1 heterocycles. The number of piperidine rings is 1. The van der Waals surface area contributed by atoms with Crippen molar-refractivity contribution in [3.05, 3.63) is 59.2 Å². The summed E-state index contributed by atoms with van der Waals surface area (Å²) in [4.78, 5) is 2.52. The van der Waals surface area contributed by atoms with Gasteiger partial charge in [-0.1, -0.05) is 32.0 Å². The molecule has 2 aromatic rings. The van der Waals surface area contributed by atoms with Crippen LogP contribution in [0.4, 0.5) is 0 Å². The van der Waals surface area contributed by atoms with Crippen LogP contribution < -0.4 is 4.74 Å². The minimum absolute atomic E-state index is 0.326. The quantitative estimate of drug-likeness (QED) is 0.810. The van der Waals surface area contributed by atoms with Gasteiger partial charge in [-0.2, -0.15) is 0 Å². The van der Waals surface area contributed by atoms with Crippen LogP contribution in [-0.4, -0.2) is 36.2 Å². The summed E-state index contributed by atoms with van der Waals surface area (Å²) in [5.41, 5.74) is 4.05. The molecule has 0 amide bonds. The van der Waals surface area contributed by atoms with Crippen LogP contribution in [-0.2, 0) is 6.42 Å². The van der Waals surface area contributed by atoms with Crippen LogP contribution in [0.3, 0.4) is 0 Å². The van der Waals surface area contributed by atoms with Crippen LogP contribution in [0.1, 0.15) is 43.4 Å². The molecular weight excluding hydrogens is 322 g/mol. The number of hydrogen-bond donors (Lipinski definition) is 1. The number of benzene rings is 2. The second-order valence-corrected chi connectivity index (χ2v) is 8.32. The van der Waals surface area contributed by atoms with E-state index in [0.29, 0.717) is 11.2 Å². The maximum absolute atomic E-state index is 9.53. The molecular formula is C23H31NO2. The van der Waals surface area contributed by atoms with Gasteiger partial charge < -0.3 is 9.84 Å². The van der Waals surface area contributed by atoms with Gasteiger partial charge in [-0.25, -0.2) is 0 Å². The van der Waals surface area contributed by atoms with Gasteiger partial charge in [0.05, 0.1) is 0 Å². The Labute approximate surface area is 157 Å². The van der Waals surface area contributed by atoms with Gasteiger partial charge in [0, 0.05) is 13.1 Å². The van der Waals surface area contributed by atoms with E-state index in [4.69, 9.17) is 4.74 Å². The van der Waals surface area contributed by atoms with E-state index in [0.717, 1.165) is 30.9 Å². The fourth-order valence-electron chi connectivity index (χ4n) is 3.83. The topological polar surface area (TPSA) is 32.7 Å². The van der Waals surface area contributed by atoms with Crippen LogP contribution in [0, 0.1) is 12.3 Å². The second-order valence-electron chi connectivity index (χ2n) is 8.32. The zero-order valence-electron chi connectivity index (χ0n) is 16.3. The summed E-state index contributed by atoms with van der Waals surface area (Å²) in [5, 5.41) is 9.53. The van der Waals surface area contributed by atoms with Gasteiger partial charge in [0.25, 0.3) is 0 Å². The number of nitrogens with zero attached hydrogens (tertiary/aromatic N) is 1. The molecule has 3 rings (SSSR count). The lowest BCUT2D eigenvalue weighted by molar-refractivity contribution is 0.102. The van der Waals surface area contributed by atoms with E-state index >= 15 is 0 Å². The van der Waals surface area contributed by atoms with Crippen molar-refractivity contribution >= 4 is 0 Å². The third-order valence-corrected chi connectivity index (χ3v) is 5.30. The van der Waals surface area contributed by atoms with Crippen molar-refractivity contribution < 1.29 is 9.84 Å². The summed E-state index contributed by atoms with van der Waals surface area (Å²) >= 11 is 0. The van der Waals surface area contributed by atoms with Crippen molar-refractivity contribution in [2.75, 3.05) is 26.2 Å². The fourth-order valence-corrected chi connectivity index (χ4v) is 3.83. The highest BCUT2D eigenvalue weighted by Crippen LogP contribution is 2.28. The monoisotopic (exact) mass is 353 g/mol. The molecule has 1 fully saturated rings. The summed E-state index contributed by atoms with van der Waals surface area (Å²) in [6.45, 7) is 10.8. The molecule has 0 saturated carbocycles. The molecule has 1 aliphatic rings. The molecule has 0 atom stereocenters. The number of phenolic OH excluding ortho intramolecular Hbond substituents is 1. The average Bonchev–Trinajstić information content (AvgIpc) is 2.58. The Morgan fingerprint density at radius 1 is 1.12 bits per heavy atom. The molecule has 0 aliphatic carbocycles. The lowest BCUT2D eigenvalue weighted by Gasteiger charge is -2.37. The molecule has 0 radical (unpaired) electrons. The van der Waals surface area contributed by atoms with Gasteiger partial charge in [-0.15, -0.1) is 0 Å². The highest BCUT2D eigenvalue weighted by molar-refractivity contribution is 5.38. The first-order chi connectivity index (χ1) is 12.4. The van der Waals surface area contributed by atoms with Crippen LogP contribution in [0.2, 0.25) is 0 Å². The minimum Gasteiger partial charge on any atom is -0.508 e. The predicted molar refractivity (Wildman–Crippen MR) is 107 cm³/mol. The standard InChI is InChI=1S/C23H31NO2/c1-18-15-21(25)8-7-20(18)16-19-5-9-22(10-6-19)26-14-13-24-12-4-11-23(2,3)17-24/h5-10,15,25H,4,11-14,16-17H2,1-3H3. The Balaban J connectivity index is 1.48. The largest absolute Gasteiger partial charge is 0.508 e. The number of phenols is 1. The van der Waals surface area contributed by atoms with Crippen molar-refractivity contribution in [2.24, 2.45) is 5.41 Å². The smallest absolute Gasteiger partial charge is 0.119 e. The molecule has 1 N–H and O–H groups in total. The van der Waals surface area contributed by atoms with Crippen molar-refractivity contribution in [1.82, 2.24) is 4.90 Å². The Kier molecular flexibility index (Phi) is 5.87. The number of ether oxygens (including phenoxy) is 1. The average molecular weight is 354 g/mol. The fraction of sp³-hybridized carbons (Fsp3) is 0.478. The molecule has 26 heavy (non-hydrogen) atoms. The molecule has 140 valence electrons. The van der Waals surface area contributed by atoms with E-state index < -0.39 is 0 Å². The number of likely N-dealkylation sites (tertiary alicyclic amines) is 1. The van der Waals surface area contributed by atoms with E-state index in [9.17, 15) is 5.11 Å². The maximum atomic E-state index is 9.53. The van der Waals surface area contributed by atoms with Crippen LogP contribution >= 0.6 is 0 Å². The summed E-state index contributed by atoms with van der Waals surface area (Å²) < 4.78 is 5.95. The normalized spacial score (nSPS) is 17.2. The third kappa shape index (κ3) is 5.25. The van der Waals surface area contributed by atoms with E-state index in [2.05, 4.69) is 43.0 Å². The molecule has 0 unspecified atom stereocenters. The predicted octanol–water partition coefficient (Wildman–Crippen LogP) is 4.79. The van der Waals surface area contributed by atoms with Crippen molar-refractivity contribution in [3.63, 3.8) is 0 Å². The Bertz CT molecular complexity index is 721. The summed E-state index contributed by atoms with van der Waals surface area (Å²) in [6.07, 6.45) is 3.49. The SMILES string of the molecule is Cc1cc(O)ccc1Cc1ccc(OCCN2CCCC(C)(C)C2)cc1. The number of aromatic hydroxyl groups is 1. The van der Waals surface area contributed by atoms with Gasteiger partial charge in [0.15, 0.2) is 0 Å². The zero-order chi connectivity index (χ0) is 18.6. The van der Waals surface area contributed by atoms with Gasteiger partial charge in [-0.05, 0) is 79.1 Å². The zero-order valence-corrected chi connectivity index (χ0v) is 16.3. The Hall–Kier alpha value is -2.00. The van der Waals surface area contributed by atoms with Crippen molar-refractivity contribution in [3.8, 4) is 11.5 Å². The van der Waals surface area contributed by atoms with Gasteiger partial charge in [-0.3, -0.25) is 4.90 Å². The molecule has 2 aromatic carbocycles. The highest BCUT2D eigenvalue weighted by Gasteiger charge is 2.25. The first-order valence-electron chi connectivity index (χ1n) is 9.64. The van der Waals surface area contributed by atoms with Crippen molar-refractivity contribution in [1.29, 1.82) is 0 Å². The number of hydrogen-bond acceptors (Lipinski definition) is 3. The third-order valence-electron chi connectivity index (χ3n) is 5.30. The van der Waals surface area contributed by atoms with E-state index in [1.807, 2.05) is 19.1 Å². The first-order valence-corrected chi connectivity index (χ1v) is 9.64. The number of rotatable bonds is 6. The van der Waals surface area contributed by atoms with E-state index in [1.54, 1.807) is 6.07 Å². The summed E-state index contributed by atoms with van der Waals surface area (Å²) in [5.74, 6) is 1.26. The lowest BCUT2D eigenvalue weighted by atomic mass is 9.84. The van der Waals surface area contributed by atoms with Gasteiger partial charge in [0.1, 0.15) is 18.1 Å². The molecule has 0 aromatic heterocycles. The molecule has 1 aliphatic heterocycles. The highest BCUT2D eigenvalue weighted by atomic mass is 16.5. The number of aryl methyl sites for hydroxylation is 1. The minimum atomic E-state index is 0.326. The molecule has 3 heteroatoms. The molecule has 0 spiro atoms. The summed E-state index contributed by atoms with van der Waals surface area (Å²) in [7, 11) is 0. The molecule has 1 saturated heterocycles.